The summed E-state index contributed by atoms with van der Waals surface area (Å²) in [4.78, 5) is 13.1. The molecule has 1 aromatic carbocycles. The third-order valence-electron chi connectivity index (χ3n) is 2.71. The molecule has 9 heteroatoms. The van der Waals surface area contributed by atoms with Gasteiger partial charge in [0.1, 0.15) is 0 Å². The summed E-state index contributed by atoms with van der Waals surface area (Å²) in [6.07, 6.45) is 0.593. The molecule has 0 aliphatic heterocycles. The van der Waals surface area contributed by atoms with E-state index in [1.807, 2.05) is 0 Å². The summed E-state index contributed by atoms with van der Waals surface area (Å²) in [6.45, 7) is 0.521. The molecule has 0 spiro atoms. The second kappa shape index (κ2) is 6.35. The van der Waals surface area contributed by atoms with Gasteiger partial charge >= 0.3 is 10.6 Å². The molecule has 0 radical (unpaired) electrons. The van der Waals surface area contributed by atoms with Gasteiger partial charge < -0.3 is 10.3 Å². The summed E-state index contributed by atoms with van der Waals surface area (Å²) in [7, 11) is -4.55. The number of anilines is 1. The molecule has 1 aromatic heterocycles. The summed E-state index contributed by atoms with van der Waals surface area (Å²) in [5, 5.41) is 4.74. The van der Waals surface area contributed by atoms with E-state index in [9.17, 15) is 22.0 Å². The van der Waals surface area contributed by atoms with Crippen molar-refractivity contribution in [1.82, 2.24) is 4.98 Å². The average molecular weight is 334 g/mol. The quantitative estimate of drug-likeness (QED) is 0.848. The molecule has 114 valence electrons. The lowest BCUT2D eigenvalue weighted by molar-refractivity contribution is 0.234. The van der Waals surface area contributed by atoms with Crippen molar-refractivity contribution in [3.63, 3.8) is 0 Å². The molecule has 1 heterocycles. The van der Waals surface area contributed by atoms with Gasteiger partial charge in [-0.3, -0.25) is 4.79 Å². The number of halogens is 2. The van der Waals surface area contributed by atoms with Gasteiger partial charge in [0.2, 0.25) is 9.84 Å². The number of nitrogens with one attached hydrogen (secondary N) is 2. The number of alkyl halides is 2. The molecular formula is C12H12F2N2O3S2. The lowest BCUT2D eigenvalue weighted by atomic mass is 10.3. The highest BCUT2D eigenvalue weighted by Crippen LogP contribution is 2.20. The Morgan fingerprint density at radius 3 is 2.43 bits per heavy atom. The van der Waals surface area contributed by atoms with Crippen LogP contribution in [0.5, 0.6) is 0 Å². The van der Waals surface area contributed by atoms with Crippen molar-refractivity contribution in [2.24, 2.45) is 0 Å². The van der Waals surface area contributed by atoms with Crippen molar-refractivity contribution in [1.29, 1.82) is 0 Å². The lowest BCUT2D eigenvalue weighted by Gasteiger charge is -2.07. The predicted molar refractivity (Wildman–Crippen MR) is 76.8 cm³/mol. The minimum Gasteiger partial charge on any atom is -0.385 e. The first-order valence-electron chi connectivity index (χ1n) is 5.92. The van der Waals surface area contributed by atoms with Crippen molar-refractivity contribution in [2.45, 2.75) is 17.1 Å². The molecular weight excluding hydrogens is 322 g/mol. The summed E-state index contributed by atoms with van der Waals surface area (Å²) >= 11 is 1.08. The van der Waals surface area contributed by atoms with Gasteiger partial charge in [-0.25, -0.2) is 8.42 Å². The van der Waals surface area contributed by atoms with Crippen LogP contribution in [0.4, 0.5) is 14.5 Å². The Morgan fingerprint density at radius 2 is 1.90 bits per heavy atom. The van der Waals surface area contributed by atoms with Gasteiger partial charge in [0.25, 0.3) is 0 Å². The van der Waals surface area contributed by atoms with Crippen LogP contribution in [-0.4, -0.2) is 25.7 Å². The van der Waals surface area contributed by atoms with Gasteiger partial charge in [0, 0.05) is 29.7 Å². The summed E-state index contributed by atoms with van der Waals surface area (Å²) < 4.78 is 47.2. The third-order valence-corrected chi connectivity index (χ3v) is 4.83. The van der Waals surface area contributed by atoms with Gasteiger partial charge in [-0.2, -0.15) is 8.78 Å². The van der Waals surface area contributed by atoms with E-state index in [2.05, 4.69) is 10.3 Å². The van der Waals surface area contributed by atoms with Crippen molar-refractivity contribution in [2.75, 3.05) is 11.9 Å². The van der Waals surface area contributed by atoms with Crippen molar-refractivity contribution in [3.8, 4) is 0 Å². The maximum atomic E-state index is 12.4. The number of aromatic amines is 1. The zero-order valence-electron chi connectivity index (χ0n) is 10.7. The molecule has 2 rings (SSSR count). The van der Waals surface area contributed by atoms with E-state index in [1.54, 1.807) is 5.38 Å². The SMILES string of the molecule is O=c1[nH]c(CCNc2ccc(S(=O)(=O)C(F)F)cc2)cs1. The molecule has 0 amide bonds. The lowest BCUT2D eigenvalue weighted by Crippen LogP contribution is -2.11. The van der Waals surface area contributed by atoms with Crippen LogP contribution in [0, 0.1) is 0 Å². The molecule has 5 nitrogen and oxygen atoms in total. The number of H-pyrrole nitrogens is 1. The fourth-order valence-electron chi connectivity index (χ4n) is 1.64. The third kappa shape index (κ3) is 3.88. The second-order valence-electron chi connectivity index (χ2n) is 4.18. The molecule has 2 N–H and O–H groups in total. The Morgan fingerprint density at radius 1 is 1.24 bits per heavy atom. The zero-order valence-corrected chi connectivity index (χ0v) is 12.3. The van der Waals surface area contributed by atoms with Gasteiger partial charge in [-0.05, 0) is 24.3 Å². The molecule has 0 fully saturated rings. The van der Waals surface area contributed by atoms with E-state index < -0.39 is 20.5 Å². The van der Waals surface area contributed by atoms with Crippen LogP contribution in [0.25, 0.3) is 0 Å². The normalized spacial score (nSPS) is 11.8. The molecule has 0 bridgehead atoms. The Hall–Kier alpha value is -1.74. The predicted octanol–water partition coefficient (Wildman–Crippen LogP) is 2.09. The number of benzene rings is 1. The Kier molecular flexibility index (Phi) is 4.73. The Bertz CT molecular complexity index is 751. The molecule has 0 saturated heterocycles. The topological polar surface area (TPSA) is 79.0 Å². The van der Waals surface area contributed by atoms with Crippen LogP contribution in [-0.2, 0) is 16.3 Å². The van der Waals surface area contributed by atoms with E-state index in [-0.39, 0.29) is 4.87 Å². The van der Waals surface area contributed by atoms with Gasteiger partial charge in [-0.15, -0.1) is 0 Å². The standard InChI is InChI=1S/C12H12F2N2O3S2/c13-11(14)21(18,19)10-3-1-8(2-4-10)15-6-5-9-7-20-12(17)16-9/h1-4,7,11,15H,5-6H2,(H,16,17). The molecule has 0 unspecified atom stereocenters. The molecule has 0 atom stereocenters. The van der Waals surface area contributed by atoms with Crippen molar-refractivity contribution < 1.29 is 17.2 Å². The highest BCUT2D eigenvalue weighted by molar-refractivity contribution is 7.91. The van der Waals surface area contributed by atoms with Crippen LogP contribution in [0.15, 0.2) is 39.3 Å². The summed E-state index contributed by atoms with van der Waals surface area (Å²) in [5.41, 5.74) is 1.41. The van der Waals surface area contributed by atoms with Crippen LogP contribution >= 0.6 is 11.3 Å². The molecule has 2 aromatic rings. The van der Waals surface area contributed by atoms with Crippen LogP contribution < -0.4 is 10.2 Å². The minimum atomic E-state index is -4.55. The highest BCUT2D eigenvalue weighted by Gasteiger charge is 2.26. The number of rotatable bonds is 6. The summed E-state index contributed by atoms with van der Waals surface area (Å²) in [6, 6.07) is 5.11. The van der Waals surface area contributed by atoms with Crippen LogP contribution in [0.1, 0.15) is 5.69 Å². The largest absolute Gasteiger partial charge is 0.385 e. The van der Waals surface area contributed by atoms with E-state index in [0.717, 1.165) is 29.2 Å². The molecule has 21 heavy (non-hydrogen) atoms. The Labute approximate surface area is 123 Å². The molecule has 0 saturated carbocycles. The number of sulfone groups is 1. The summed E-state index contributed by atoms with van der Waals surface area (Å²) in [5.74, 6) is -3.42. The smallest absolute Gasteiger partial charge is 0.341 e. The molecule has 0 aliphatic rings. The fraction of sp³-hybridized carbons (Fsp3) is 0.250. The monoisotopic (exact) mass is 334 g/mol. The maximum absolute atomic E-state index is 12.4. The average Bonchev–Trinajstić information content (AvgIpc) is 2.85. The minimum absolute atomic E-state index is 0.119. The van der Waals surface area contributed by atoms with E-state index in [0.29, 0.717) is 18.7 Å². The second-order valence-corrected chi connectivity index (χ2v) is 6.94. The highest BCUT2D eigenvalue weighted by atomic mass is 32.2. The number of hydrogen-bond donors (Lipinski definition) is 2. The zero-order chi connectivity index (χ0) is 15.5. The van der Waals surface area contributed by atoms with Crippen LogP contribution in [0.3, 0.4) is 0 Å². The van der Waals surface area contributed by atoms with Crippen molar-refractivity contribution in [3.05, 3.63) is 45.0 Å². The van der Waals surface area contributed by atoms with Gasteiger partial charge in [0.05, 0.1) is 4.90 Å². The van der Waals surface area contributed by atoms with Crippen molar-refractivity contribution >= 4 is 26.9 Å². The van der Waals surface area contributed by atoms with E-state index >= 15 is 0 Å². The Balaban J connectivity index is 1.95. The van der Waals surface area contributed by atoms with Gasteiger partial charge in [-0.1, -0.05) is 11.3 Å². The first-order chi connectivity index (χ1) is 9.89. The maximum Gasteiger partial charge on any atom is 0.341 e. The van der Waals surface area contributed by atoms with E-state index in [4.69, 9.17) is 0 Å². The first kappa shape index (κ1) is 15.6. The fourth-order valence-corrected chi connectivity index (χ4v) is 2.98. The van der Waals surface area contributed by atoms with E-state index in [1.165, 1.54) is 12.1 Å². The first-order valence-corrected chi connectivity index (χ1v) is 8.35. The molecule has 0 aliphatic carbocycles. The van der Waals surface area contributed by atoms with Crippen LogP contribution in [0.2, 0.25) is 0 Å². The van der Waals surface area contributed by atoms with Gasteiger partial charge in [0.15, 0.2) is 0 Å². The number of thiazole rings is 1. The number of aromatic nitrogens is 1. The number of hydrogen-bond acceptors (Lipinski definition) is 5.